The molecule has 0 bridgehead atoms. The summed E-state index contributed by atoms with van der Waals surface area (Å²) in [6, 6.07) is 1.95. The number of anilines is 2. The Hall–Kier alpha value is -1.44. The van der Waals surface area contributed by atoms with E-state index in [1.807, 2.05) is 25.3 Å². The van der Waals surface area contributed by atoms with Crippen molar-refractivity contribution in [2.24, 2.45) is 5.84 Å². The van der Waals surface area contributed by atoms with E-state index in [4.69, 9.17) is 5.84 Å². The number of nitrogens with two attached hydrogens (primary N) is 1. The van der Waals surface area contributed by atoms with E-state index in [0.29, 0.717) is 11.8 Å². The summed E-state index contributed by atoms with van der Waals surface area (Å²) in [7, 11) is 0. The van der Waals surface area contributed by atoms with E-state index >= 15 is 0 Å². The van der Waals surface area contributed by atoms with Crippen molar-refractivity contribution >= 4 is 33.3 Å². The maximum Gasteiger partial charge on any atom is 0.240 e. The number of fused-ring (bicyclic) bond motifs is 1. The lowest BCUT2D eigenvalue weighted by Crippen LogP contribution is -2.42. The van der Waals surface area contributed by atoms with Crippen molar-refractivity contribution in [3.8, 4) is 0 Å². The van der Waals surface area contributed by atoms with Crippen LogP contribution in [0.5, 0.6) is 0 Å². The molecule has 0 spiro atoms. The highest BCUT2D eigenvalue weighted by Gasteiger charge is 2.25. The molecule has 5 N–H and O–H groups in total. The number of rotatable bonds is 4. The van der Waals surface area contributed by atoms with E-state index < -0.39 is 11.6 Å². The quantitative estimate of drug-likeness (QED) is 0.496. The topological polar surface area (TPSA) is 96.1 Å². The zero-order valence-corrected chi connectivity index (χ0v) is 11.4. The van der Waals surface area contributed by atoms with Gasteiger partial charge >= 0.3 is 0 Å². The summed E-state index contributed by atoms with van der Waals surface area (Å²) in [5, 5.41) is 15.8. The van der Waals surface area contributed by atoms with Gasteiger partial charge in [0.15, 0.2) is 0 Å². The van der Waals surface area contributed by atoms with Gasteiger partial charge in [0, 0.05) is 0 Å². The van der Waals surface area contributed by atoms with Gasteiger partial charge in [-0.1, -0.05) is 0 Å². The maximum atomic E-state index is 9.75. The minimum Gasteiger partial charge on any atom is -0.391 e. The highest BCUT2D eigenvalue weighted by Crippen LogP contribution is 2.28. The molecular weight excluding hydrogens is 250 g/mol. The second kappa shape index (κ2) is 4.68. The van der Waals surface area contributed by atoms with E-state index in [1.54, 1.807) is 6.92 Å². The first-order chi connectivity index (χ1) is 8.44. The fourth-order valence-electron chi connectivity index (χ4n) is 1.42. The second-order valence-corrected chi connectivity index (χ2v) is 5.60. The van der Waals surface area contributed by atoms with Crippen LogP contribution in [-0.2, 0) is 0 Å². The minimum atomic E-state index is -0.518. The average Bonchev–Trinajstić information content (AvgIpc) is 2.76. The highest BCUT2D eigenvalue weighted by atomic mass is 32.1. The monoisotopic (exact) mass is 267 g/mol. The lowest BCUT2D eigenvalue weighted by molar-refractivity contribution is 0.133. The van der Waals surface area contributed by atoms with Gasteiger partial charge in [-0.3, -0.25) is 5.43 Å². The second-order valence-electron chi connectivity index (χ2n) is 4.70. The van der Waals surface area contributed by atoms with Crippen molar-refractivity contribution in [1.82, 2.24) is 9.97 Å². The van der Waals surface area contributed by atoms with Crippen LogP contribution in [-0.4, -0.2) is 26.7 Å². The number of nitrogens with zero attached hydrogens (tertiary/aromatic N) is 2. The number of hydrogen-bond donors (Lipinski definition) is 4. The van der Waals surface area contributed by atoms with Crippen molar-refractivity contribution in [2.75, 3.05) is 10.7 Å². The van der Waals surface area contributed by atoms with Crippen LogP contribution < -0.4 is 16.6 Å². The fourth-order valence-corrected chi connectivity index (χ4v) is 2.19. The molecule has 2 heterocycles. The van der Waals surface area contributed by atoms with Gasteiger partial charge in [-0.25, -0.2) is 10.8 Å². The normalized spacial score (nSPS) is 13.6. The van der Waals surface area contributed by atoms with Gasteiger partial charge in [-0.05, 0) is 32.2 Å². The highest BCUT2D eigenvalue weighted by molar-refractivity contribution is 7.16. The third-order valence-electron chi connectivity index (χ3n) is 2.94. The van der Waals surface area contributed by atoms with Gasteiger partial charge in [0.1, 0.15) is 10.6 Å². The number of aliphatic hydroxyl groups is 1. The van der Waals surface area contributed by atoms with E-state index in [1.165, 1.54) is 11.3 Å². The summed E-state index contributed by atoms with van der Waals surface area (Å²) in [6.45, 7) is 5.56. The first-order valence-corrected chi connectivity index (χ1v) is 6.50. The van der Waals surface area contributed by atoms with Crippen LogP contribution >= 0.6 is 11.3 Å². The van der Waals surface area contributed by atoms with Crippen molar-refractivity contribution < 1.29 is 5.11 Å². The van der Waals surface area contributed by atoms with E-state index in [-0.39, 0.29) is 0 Å². The Morgan fingerprint density at radius 3 is 2.78 bits per heavy atom. The number of aliphatic hydroxyl groups excluding tert-OH is 1. The lowest BCUT2D eigenvalue weighted by Gasteiger charge is -2.30. The molecule has 0 aliphatic heterocycles. The standard InChI is InChI=1S/C11H17N5OS/c1-6(17)11(2,3)15-8-7-4-5-18-9(7)14-10(13-8)16-12/h4-6,17H,12H2,1-3H3,(H2,13,14,15,16). The summed E-state index contributed by atoms with van der Waals surface area (Å²) < 4.78 is 0. The molecule has 0 saturated carbocycles. The largest absolute Gasteiger partial charge is 0.391 e. The van der Waals surface area contributed by atoms with Crippen LogP contribution in [0.25, 0.3) is 10.2 Å². The van der Waals surface area contributed by atoms with Crippen LogP contribution in [0, 0.1) is 0 Å². The van der Waals surface area contributed by atoms with Gasteiger partial charge < -0.3 is 10.4 Å². The molecule has 0 aliphatic rings. The van der Waals surface area contributed by atoms with Gasteiger partial charge in [-0.2, -0.15) is 4.98 Å². The Balaban J connectivity index is 2.46. The van der Waals surface area contributed by atoms with E-state index in [0.717, 1.165) is 10.2 Å². The zero-order valence-electron chi connectivity index (χ0n) is 10.6. The third-order valence-corrected chi connectivity index (χ3v) is 3.75. The molecule has 0 fully saturated rings. The molecule has 0 aromatic carbocycles. The molecule has 2 rings (SSSR count). The van der Waals surface area contributed by atoms with Crippen molar-refractivity contribution in [2.45, 2.75) is 32.4 Å². The SMILES string of the molecule is CC(O)C(C)(C)Nc1nc(NN)nc2sccc12. The molecule has 7 heteroatoms. The maximum absolute atomic E-state index is 9.75. The molecule has 0 aliphatic carbocycles. The Morgan fingerprint density at radius 2 is 2.17 bits per heavy atom. The van der Waals surface area contributed by atoms with Crippen LogP contribution in [0.4, 0.5) is 11.8 Å². The predicted molar refractivity (Wildman–Crippen MR) is 74.6 cm³/mol. The average molecular weight is 267 g/mol. The molecule has 6 nitrogen and oxygen atoms in total. The number of hydrazine groups is 1. The molecule has 98 valence electrons. The third kappa shape index (κ3) is 2.38. The molecule has 1 atom stereocenters. The summed E-state index contributed by atoms with van der Waals surface area (Å²) in [6.07, 6.45) is -0.518. The van der Waals surface area contributed by atoms with Crippen LogP contribution in [0.1, 0.15) is 20.8 Å². The summed E-state index contributed by atoms with van der Waals surface area (Å²) in [4.78, 5) is 9.40. The molecular formula is C11H17N5OS. The van der Waals surface area contributed by atoms with Crippen LogP contribution in [0.15, 0.2) is 11.4 Å². The Kier molecular flexibility index (Phi) is 3.38. The first-order valence-electron chi connectivity index (χ1n) is 5.62. The molecule has 2 aromatic heterocycles. The fraction of sp³-hybridized carbons (Fsp3) is 0.455. The van der Waals surface area contributed by atoms with Gasteiger partial charge in [0.25, 0.3) is 0 Å². The summed E-state index contributed by atoms with van der Waals surface area (Å²) >= 11 is 1.52. The van der Waals surface area contributed by atoms with E-state index in [9.17, 15) is 5.11 Å². The minimum absolute atomic E-state index is 0.355. The molecule has 0 radical (unpaired) electrons. The molecule has 2 aromatic rings. The van der Waals surface area contributed by atoms with Crippen LogP contribution in [0.2, 0.25) is 0 Å². The number of nitrogens with one attached hydrogen (secondary N) is 2. The first kappa shape index (κ1) is 13.0. The number of nitrogen functional groups attached to an aromatic ring is 1. The molecule has 0 amide bonds. The Labute approximate surface area is 109 Å². The van der Waals surface area contributed by atoms with E-state index in [2.05, 4.69) is 20.7 Å². The number of thiophene rings is 1. The molecule has 18 heavy (non-hydrogen) atoms. The Bertz CT molecular complexity index is 551. The van der Waals surface area contributed by atoms with Crippen LogP contribution in [0.3, 0.4) is 0 Å². The van der Waals surface area contributed by atoms with Gasteiger partial charge in [0.2, 0.25) is 5.95 Å². The van der Waals surface area contributed by atoms with Gasteiger partial charge in [-0.15, -0.1) is 11.3 Å². The summed E-state index contributed by atoms with van der Waals surface area (Å²) in [5.74, 6) is 6.38. The molecule has 0 saturated heterocycles. The number of aromatic nitrogens is 2. The van der Waals surface area contributed by atoms with Gasteiger partial charge in [0.05, 0.1) is 17.0 Å². The Morgan fingerprint density at radius 1 is 1.44 bits per heavy atom. The summed E-state index contributed by atoms with van der Waals surface area (Å²) in [5.41, 5.74) is 1.96. The predicted octanol–water partition coefficient (Wildman–Crippen LogP) is 1.55. The smallest absolute Gasteiger partial charge is 0.240 e. The van der Waals surface area contributed by atoms with Crippen molar-refractivity contribution in [1.29, 1.82) is 0 Å². The lowest BCUT2D eigenvalue weighted by atomic mass is 9.99. The zero-order chi connectivity index (χ0) is 13.3. The van der Waals surface area contributed by atoms with Crippen molar-refractivity contribution in [3.63, 3.8) is 0 Å². The van der Waals surface area contributed by atoms with Crippen molar-refractivity contribution in [3.05, 3.63) is 11.4 Å². The number of hydrogen-bond acceptors (Lipinski definition) is 7. The molecule has 1 unspecified atom stereocenters.